The number of hydrogen-bond acceptors (Lipinski definition) is 6. The van der Waals surface area contributed by atoms with Crippen LogP contribution >= 0.6 is 0 Å². The minimum atomic E-state index is -3.65. The first-order valence-electron chi connectivity index (χ1n) is 12.7. The Bertz CT molecular complexity index is 1230. The van der Waals surface area contributed by atoms with Gasteiger partial charge in [-0.1, -0.05) is 23.8 Å². The van der Waals surface area contributed by atoms with Crippen LogP contribution in [0.5, 0.6) is 11.5 Å². The van der Waals surface area contributed by atoms with Crippen LogP contribution in [0, 0.1) is 26.7 Å². The van der Waals surface area contributed by atoms with Gasteiger partial charge in [-0.05, 0) is 62.4 Å². The molecule has 0 saturated carbocycles. The second-order valence-corrected chi connectivity index (χ2v) is 12.1. The van der Waals surface area contributed by atoms with E-state index in [1.807, 2.05) is 49.9 Å². The normalized spacial score (nSPS) is 21.1. The van der Waals surface area contributed by atoms with E-state index in [2.05, 4.69) is 11.0 Å². The third-order valence-corrected chi connectivity index (χ3v) is 9.63. The molecule has 36 heavy (non-hydrogen) atoms. The largest absolute Gasteiger partial charge is 0.454 e. The van der Waals surface area contributed by atoms with Gasteiger partial charge in [0.2, 0.25) is 22.7 Å². The van der Waals surface area contributed by atoms with Gasteiger partial charge in [-0.2, -0.15) is 4.31 Å². The van der Waals surface area contributed by atoms with Gasteiger partial charge in [0.1, 0.15) is 0 Å². The van der Waals surface area contributed by atoms with Crippen LogP contribution in [0.4, 0.5) is 0 Å². The summed E-state index contributed by atoms with van der Waals surface area (Å²) in [6.07, 6.45) is 1.43. The molecule has 1 amide bonds. The highest BCUT2D eigenvalue weighted by Crippen LogP contribution is 2.33. The number of piperazine rings is 1. The highest BCUT2D eigenvalue weighted by Gasteiger charge is 2.37. The minimum Gasteiger partial charge on any atom is -0.454 e. The molecule has 0 unspecified atom stereocenters. The number of nitrogens with zero attached hydrogens (tertiary/aromatic N) is 3. The zero-order chi connectivity index (χ0) is 25.4. The number of sulfonamides is 1. The number of carbonyl (C=O) groups is 1. The third-order valence-electron chi connectivity index (χ3n) is 7.46. The van der Waals surface area contributed by atoms with E-state index >= 15 is 0 Å². The number of piperidine rings is 1. The molecule has 0 bridgehead atoms. The van der Waals surface area contributed by atoms with Crippen LogP contribution in [0.25, 0.3) is 0 Å². The van der Waals surface area contributed by atoms with E-state index in [4.69, 9.17) is 9.47 Å². The average Bonchev–Trinajstić information content (AvgIpc) is 3.31. The molecular formula is C27H35N3O5S. The van der Waals surface area contributed by atoms with Gasteiger partial charge in [-0.3, -0.25) is 9.69 Å². The number of aryl methyl sites for hydroxylation is 3. The van der Waals surface area contributed by atoms with E-state index in [0.717, 1.165) is 59.8 Å². The number of carbonyl (C=O) groups excluding carboxylic acids is 1. The van der Waals surface area contributed by atoms with Gasteiger partial charge in [-0.25, -0.2) is 8.42 Å². The molecule has 3 aliphatic heterocycles. The molecule has 0 aromatic heterocycles. The van der Waals surface area contributed by atoms with Crippen LogP contribution in [-0.2, 0) is 21.4 Å². The van der Waals surface area contributed by atoms with Crippen LogP contribution in [-0.4, -0.2) is 74.5 Å². The van der Waals surface area contributed by atoms with Crippen LogP contribution in [0.1, 0.15) is 35.1 Å². The summed E-state index contributed by atoms with van der Waals surface area (Å²) in [5.41, 5.74) is 3.74. The van der Waals surface area contributed by atoms with E-state index in [1.165, 1.54) is 4.31 Å². The van der Waals surface area contributed by atoms with Crippen molar-refractivity contribution in [3.8, 4) is 11.5 Å². The molecule has 9 heteroatoms. The van der Waals surface area contributed by atoms with Gasteiger partial charge in [-0.15, -0.1) is 0 Å². The molecule has 1 atom stereocenters. The number of amides is 1. The van der Waals surface area contributed by atoms with E-state index in [-0.39, 0.29) is 25.2 Å². The molecular weight excluding hydrogens is 478 g/mol. The SMILES string of the molecule is Cc1cc(C)c(S(=O)(=O)N2CCC[C@H](C(=O)N3CCN(Cc4ccc5c(c4)OCO5)CC3)C2)c(C)c1. The minimum absolute atomic E-state index is 0.0787. The molecule has 2 aromatic carbocycles. The summed E-state index contributed by atoms with van der Waals surface area (Å²) < 4.78 is 39.5. The summed E-state index contributed by atoms with van der Waals surface area (Å²) in [6.45, 7) is 10.3. The molecule has 2 fully saturated rings. The lowest BCUT2D eigenvalue weighted by atomic mass is 9.97. The van der Waals surface area contributed by atoms with Gasteiger partial charge >= 0.3 is 0 Å². The van der Waals surface area contributed by atoms with Crippen molar-refractivity contribution in [2.24, 2.45) is 5.92 Å². The Balaban J connectivity index is 1.19. The lowest BCUT2D eigenvalue weighted by Gasteiger charge is -2.39. The number of rotatable bonds is 5. The summed E-state index contributed by atoms with van der Waals surface area (Å²) in [5.74, 6) is 1.36. The fourth-order valence-corrected chi connectivity index (χ4v) is 7.68. The fraction of sp³-hybridized carbons (Fsp3) is 0.519. The Morgan fingerprint density at radius 2 is 1.64 bits per heavy atom. The lowest BCUT2D eigenvalue weighted by molar-refractivity contribution is -0.138. The number of benzene rings is 2. The molecule has 3 heterocycles. The smallest absolute Gasteiger partial charge is 0.243 e. The standard InChI is InChI=1S/C27H35N3O5S/c1-19-13-20(2)26(21(3)14-19)36(32,33)30-8-4-5-23(17-30)27(31)29-11-9-28(10-12-29)16-22-6-7-24-25(15-22)35-18-34-24/h6-7,13-15,23H,4-5,8-12,16-18H2,1-3H3/t23-/m0/s1. The van der Waals surface area contributed by atoms with E-state index < -0.39 is 10.0 Å². The Labute approximate surface area is 213 Å². The summed E-state index contributed by atoms with van der Waals surface area (Å²) in [5, 5.41) is 0. The Morgan fingerprint density at radius 1 is 0.944 bits per heavy atom. The zero-order valence-corrected chi connectivity index (χ0v) is 22.1. The van der Waals surface area contributed by atoms with Crippen molar-refractivity contribution in [1.29, 1.82) is 0 Å². The van der Waals surface area contributed by atoms with Crippen molar-refractivity contribution in [3.63, 3.8) is 0 Å². The molecule has 0 N–H and O–H groups in total. The second-order valence-electron chi connectivity index (χ2n) is 10.2. The van der Waals surface area contributed by atoms with Gasteiger partial charge < -0.3 is 14.4 Å². The summed E-state index contributed by atoms with van der Waals surface area (Å²) in [7, 11) is -3.65. The summed E-state index contributed by atoms with van der Waals surface area (Å²) in [6, 6.07) is 9.85. The Kier molecular flexibility index (Phi) is 6.98. The van der Waals surface area contributed by atoms with Crippen molar-refractivity contribution in [2.45, 2.75) is 45.1 Å². The third kappa shape index (κ3) is 4.96. The number of hydrogen-bond donors (Lipinski definition) is 0. The van der Waals surface area contributed by atoms with Gasteiger partial charge in [0.25, 0.3) is 0 Å². The molecule has 5 rings (SSSR count). The average molecular weight is 514 g/mol. The first kappa shape index (κ1) is 25.0. The van der Waals surface area contributed by atoms with Crippen LogP contribution in [0.2, 0.25) is 0 Å². The summed E-state index contributed by atoms with van der Waals surface area (Å²) in [4.78, 5) is 18.0. The molecule has 0 aliphatic carbocycles. The fourth-order valence-electron chi connectivity index (χ4n) is 5.75. The van der Waals surface area contributed by atoms with Crippen LogP contribution in [0.15, 0.2) is 35.2 Å². The van der Waals surface area contributed by atoms with Crippen molar-refractivity contribution < 1.29 is 22.7 Å². The molecule has 8 nitrogen and oxygen atoms in total. The predicted octanol–water partition coefficient (Wildman–Crippen LogP) is 3.09. The molecule has 0 radical (unpaired) electrons. The van der Waals surface area contributed by atoms with E-state index in [9.17, 15) is 13.2 Å². The van der Waals surface area contributed by atoms with Gasteiger partial charge in [0.05, 0.1) is 10.8 Å². The maximum absolute atomic E-state index is 13.5. The molecule has 2 saturated heterocycles. The summed E-state index contributed by atoms with van der Waals surface area (Å²) >= 11 is 0. The predicted molar refractivity (Wildman–Crippen MR) is 137 cm³/mol. The van der Waals surface area contributed by atoms with E-state index in [1.54, 1.807) is 0 Å². The zero-order valence-electron chi connectivity index (χ0n) is 21.3. The van der Waals surface area contributed by atoms with Crippen molar-refractivity contribution >= 4 is 15.9 Å². The van der Waals surface area contributed by atoms with Gasteiger partial charge in [0, 0.05) is 45.8 Å². The second kappa shape index (κ2) is 10.0. The van der Waals surface area contributed by atoms with Crippen LogP contribution in [0.3, 0.4) is 0 Å². The van der Waals surface area contributed by atoms with Crippen molar-refractivity contribution in [2.75, 3.05) is 46.1 Å². The topological polar surface area (TPSA) is 79.4 Å². The van der Waals surface area contributed by atoms with Crippen molar-refractivity contribution in [3.05, 3.63) is 52.6 Å². The van der Waals surface area contributed by atoms with Crippen LogP contribution < -0.4 is 9.47 Å². The van der Waals surface area contributed by atoms with Crippen molar-refractivity contribution in [1.82, 2.24) is 14.1 Å². The highest BCUT2D eigenvalue weighted by atomic mass is 32.2. The Morgan fingerprint density at radius 3 is 2.36 bits per heavy atom. The van der Waals surface area contributed by atoms with Gasteiger partial charge in [0.15, 0.2) is 11.5 Å². The maximum atomic E-state index is 13.5. The number of fused-ring (bicyclic) bond motifs is 1. The number of ether oxygens (including phenoxy) is 2. The van der Waals surface area contributed by atoms with E-state index in [0.29, 0.717) is 31.0 Å². The molecule has 0 spiro atoms. The lowest BCUT2D eigenvalue weighted by Crippen LogP contribution is -2.52. The quantitative estimate of drug-likeness (QED) is 0.612. The molecule has 194 valence electrons. The highest BCUT2D eigenvalue weighted by molar-refractivity contribution is 7.89. The molecule has 2 aromatic rings. The first-order valence-corrected chi connectivity index (χ1v) is 14.1. The molecule has 3 aliphatic rings. The Hall–Kier alpha value is -2.62. The monoisotopic (exact) mass is 513 g/mol. The first-order chi connectivity index (χ1) is 17.2. The maximum Gasteiger partial charge on any atom is 0.243 e.